The van der Waals surface area contributed by atoms with Gasteiger partial charge in [0.15, 0.2) is 0 Å². The maximum absolute atomic E-state index is 13.2. The average molecular weight is 458 g/mol. The van der Waals surface area contributed by atoms with Crippen LogP contribution < -0.4 is 11.3 Å². The number of para-hydroxylation sites is 1. The van der Waals surface area contributed by atoms with Gasteiger partial charge >= 0.3 is 0 Å². The van der Waals surface area contributed by atoms with E-state index in [1.165, 1.54) is 0 Å². The summed E-state index contributed by atoms with van der Waals surface area (Å²) in [5.41, 5.74) is 13.1. The van der Waals surface area contributed by atoms with E-state index in [1.54, 1.807) is 0 Å². The van der Waals surface area contributed by atoms with Crippen LogP contribution in [0.15, 0.2) is 102 Å². The second-order valence-corrected chi connectivity index (χ2v) is 8.52. The van der Waals surface area contributed by atoms with E-state index in [4.69, 9.17) is 10.7 Å². The van der Waals surface area contributed by atoms with Gasteiger partial charge in [-0.2, -0.15) is 0 Å². The third-order valence-corrected chi connectivity index (χ3v) is 6.25. The molecule has 0 atom stereocenters. The first-order chi connectivity index (χ1) is 17.2. The fourth-order valence-electron chi connectivity index (χ4n) is 4.55. The van der Waals surface area contributed by atoms with Crippen LogP contribution in [0.25, 0.3) is 44.3 Å². The Morgan fingerprint density at radius 2 is 1.60 bits per heavy atom. The molecule has 0 amide bonds. The Balaban J connectivity index is 1.46. The van der Waals surface area contributed by atoms with Crippen molar-refractivity contribution in [3.63, 3.8) is 0 Å². The van der Waals surface area contributed by atoms with Crippen LogP contribution in [0.3, 0.4) is 0 Å². The van der Waals surface area contributed by atoms with Gasteiger partial charge in [-0.1, -0.05) is 60.7 Å². The fraction of sp³-hybridized carbons (Fsp3) is 0.0690. The zero-order chi connectivity index (χ0) is 23.8. The van der Waals surface area contributed by atoms with Gasteiger partial charge in [0, 0.05) is 29.2 Å². The van der Waals surface area contributed by atoms with Crippen molar-refractivity contribution in [3.05, 3.63) is 119 Å². The van der Waals surface area contributed by atoms with Crippen molar-refractivity contribution >= 4 is 21.9 Å². The predicted molar refractivity (Wildman–Crippen MR) is 140 cm³/mol. The Kier molecular flexibility index (Phi) is 5.20. The Bertz CT molecular complexity index is 1730. The standard InChI is InChI=1S/C29H23N5O/c30-16-21-9-6-10-22(31-21)17-34-18-24(23-11-4-5-12-27(23)34)28-29(35)33-26-15-20(13-14-25(26)32-28)19-7-2-1-3-8-19/h1-15,18H,16-17,30H2,(H,33,35). The quantitative estimate of drug-likeness (QED) is 0.376. The molecule has 35 heavy (non-hydrogen) atoms. The summed E-state index contributed by atoms with van der Waals surface area (Å²) in [5.74, 6) is 0. The van der Waals surface area contributed by atoms with Crippen LogP contribution in [0.1, 0.15) is 11.4 Å². The Hall–Kier alpha value is -4.55. The SMILES string of the molecule is NCc1cccc(Cn2cc(-c3nc4ccc(-c5ccccc5)cc4[nH]c3=O)c3ccccc32)n1. The average Bonchev–Trinajstić information content (AvgIpc) is 3.26. The van der Waals surface area contributed by atoms with Gasteiger partial charge in [0.05, 0.1) is 29.0 Å². The number of nitrogens with one attached hydrogen (secondary N) is 1. The third kappa shape index (κ3) is 3.90. The van der Waals surface area contributed by atoms with E-state index in [2.05, 4.69) is 14.5 Å². The molecule has 3 aromatic heterocycles. The number of benzene rings is 3. The molecule has 0 saturated carbocycles. The van der Waals surface area contributed by atoms with E-state index in [-0.39, 0.29) is 5.56 Å². The van der Waals surface area contributed by atoms with Crippen molar-refractivity contribution in [2.75, 3.05) is 0 Å². The molecule has 0 saturated heterocycles. The number of pyridine rings is 1. The zero-order valence-corrected chi connectivity index (χ0v) is 19.0. The molecule has 170 valence electrons. The molecule has 3 heterocycles. The number of hydrogen-bond donors (Lipinski definition) is 2. The summed E-state index contributed by atoms with van der Waals surface area (Å²) in [5, 5.41) is 0.973. The van der Waals surface area contributed by atoms with Crippen LogP contribution in [-0.4, -0.2) is 19.5 Å². The van der Waals surface area contributed by atoms with Crippen molar-refractivity contribution in [1.29, 1.82) is 0 Å². The summed E-state index contributed by atoms with van der Waals surface area (Å²) in [6.45, 7) is 0.966. The highest BCUT2D eigenvalue weighted by Gasteiger charge is 2.16. The highest BCUT2D eigenvalue weighted by Crippen LogP contribution is 2.30. The minimum absolute atomic E-state index is 0.214. The molecule has 6 nitrogen and oxygen atoms in total. The number of rotatable bonds is 5. The monoisotopic (exact) mass is 457 g/mol. The fourth-order valence-corrected chi connectivity index (χ4v) is 4.55. The van der Waals surface area contributed by atoms with Crippen LogP contribution in [0.4, 0.5) is 0 Å². The summed E-state index contributed by atoms with van der Waals surface area (Å²) in [7, 11) is 0. The summed E-state index contributed by atoms with van der Waals surface area (Å²) in [4.78, 5) is 25.7. The zero-order valence-electron chi connectivity index (χ0n) is 19.0. The van der Waals surface area contributed by atoms with Crippen LogP contribution in [-0.2, 0) is 13.1 Å². The molecule has 0 aliphatic heterocycles. The lowest BCUT2D eigenvalue weighted by molar-refractivity contribution is 0.794. The first-order valence-electron chi connectivity index (χ1n) is 11.5. The van der Waals surface area contributed by atoms with Crippen LogP contribution >= 0.6 is 0 Å². The van der Waals surface area contributed by atoms with Gasteiger partial charge in [-0.3, -0.25) is 9.78 Å². The van der Waals surface area contributed by atoms with E-state index in [1.807, 2.05) is 97.2 Å². The first-order valence-corrected chi connectivity index (χ1v) is 11.5. The largest absolute Gasteiger partial charge is 0.341 e. The molecule has 6 heteroatoms. The summed E-state index contributed by atoms with van der Waals surface area (Å²) in [6.07, 6.45) is 1.99. The molecule has 0 radical (unpaired) electrons. The molecule has 3 N–H and O–H groups in total. The molecule has 0 fully saturated rings. The first kappa shape index (κ1) is 21.0. The highest BCUT2D eigenvalue weighted by atomic mass is 16.1. The van der Waals surface area contributed by atoms with Gasteiger partial charge in [0.25, 0.3) is 5.56 Å². The molecular weight excluding hydrogens is 434 g/mol. The number of fused-ring (bicyclic) bond motifs is 2. The molecule has 0 unspecified atom stereocenters. The number of nitrogens with two attached hydrogens (primary N) is 1. The molecule has 3 aromatic carbocycles. The number of nitrogens with zero attached hydrogens (tertiary/aromatic N) is 3. The van der Waals surface area contributed by atoms with Crippen molar-refractivity contribution in [1.82, 2.24) is 19.5 Å². The van der Waals surface area contributed by atoms with Gasteiger partial charge in [0.2, 0.25) is 0 Å². The van der Waals surface area contributed by atoms with Gasteiger partial charge < -0.3 is 15.3 Å². The van der Waals surface area contributed by atoms with E-state index in [9.17, 15) is 4.79 Å². The molecule has 6 rings (SSSR count). The lowest BCUT2D eigenvalue weighted by Crippen LogP contribution is -2.11. The molecular formula is C29H23N5O. The van der Waals surface area contributed by atoms with Crippen molar-refractivity contribution in [3.8, 4) is 22.4 Å². The van der Waals surface area contributed by atoms with Crippen LogP contribution in [0, 0.1) is 0 Å². The molecule has 0 spiro atoms. The third-order valence-electron chi connectivity index (χ3n) is 6.25. The second-order valence-electron chi connectivity index (χ2n) is 8.52. The molecule has 0 aliphatic carbocycles. The smallest absolute Gasteiger partial charge is 0.275 e. The van der Waals surface area contributed by atoms with Gasteiger partial charge in [-0.15, -0.1) is 0 Å². The maximum atomic E-state index is 13.2. The van der Waals surface area contributed by atoms with E-state index in [0.29, 0.717) is 24.3 Å². The normalized spacial score (nSPS) is 11.3. The van der Waals surface area contributed by atoms with Crippen molar-refractivity contribution in [2.45, 2.75) is 13.1 Å². The second kappa shape index (κ2) is 8.66. The number of aromatic amines is 1. The van der Waals surface area contributed by atoms with Crippen LogP contribution in [0.2, 0.25) is 0 Å². The molecule has 0 bridgehead atoms. The Morgan fingerprint density at radius 3 is 2.46 bits per heavy atom. The van der Waals surface area contributed by atoms with E-state index in [0.717, 1.165) is 44.5 Å². The molecule has 0 aliphatic rings. The van der Waals surface area contributed by atoms with Gasteiger partial charge in [0.1, 0.15) is 5.69 Å². The van der Waals surface area contributed by atoms with Crippen molar-refractivity contribution < 1.29 is 0 Å². The Morgan fingerprint density at radius 1 is 0.800 bits per heavy atom. The highest BCUT2D eigenvalue weighted by molar-refractivity contribution is 5.96. The van der Waals surface area contributed by atoms with Gasteiger partial charge in [-0.05, 0) is 41.5 Å². The number of hydrogen-bond acceptors (Lipinski definition) is 4. The van der Waals surface area contributed by atoms with Gasteiger partial charge in [-0.25, -0.2) is 4.98 Å². The summed E-state index contributed by atoms with van der Waals surface area (Å²) in [6, 6.07) is 30.0. The maximum Gasteiger partial charge on any atom is 0.275 e. The van der Waals surface area contributed by atoms with Crippen molar-refractivity contribution in [2.24, 2.45) is 5.73 Å². The number of aromatic nitrogens is 4. The minimum Gasteiger partial charge on any atom is -0.341 e. The lowest BCUT2D eigenvalue weighted by atomic mass is 10.0. The topological polar surface area (TPSA) is 89.6 Å². The molecule has 6 aromatic rings. The van der Waals surface area contributed by atoms with Crippen LogP contribution in [0.5, 0.6) is 0 Å². The summed E-state index contributed by atoms with van der Waals surface area (Å²) >= 11 is 0. The minimum atomic E-state index is -0.214. The summed E-state index contributed by atoms with van der Waals surface area (Å²) < 4.78 is 2.11. The van der Waals surface area contributed by atoms with E-state index >= 15 is 0 Å². The predicted octanol–water partition coefficient (Wildman–Crippen LogP) is 5.11. The lowest BCUT2D eigenvalue weighted by Gasteiger charge is -2.06. The number of H-pyrrole nitrogens is 1. The Labute approximate surface area is 201 Å². The van der Waals surface area contributed by atoms with E-state index < -0.39 is 0 Å².